The number of thiophene rings is 1. The average molecular weight is 284 g/mol. The van der Waals surface area contributed by atoms with E-state index in [0.717, 1.165) is 13.0 Å². The van der Waals surface area contributed by atoms with E-state index in [0.29, 0.717) is 6.04 Å². The Kier molecular flexibility index (Phi) is 3.90. The largest absolute Gasteiger partial charge is 0.337 e. The quantitative estimate of drug-likeness (QED) is 0.742. The van der Waals surface area contributed by atoms with Crippen molar-refractivity contribution < 1.29 is 0 Å². The Hall–Kier alpha value is -1.58. The van der Waals surface area contributed by atoms with Crippen molar-refractivity contribution in [2.24, 2.45) is 0 Å². The minimum atomic E-state index is 0.419. The van der Waals surface area contributed by atoms with Gasteiger partial charge < -0.3 is 9.88 Å². The molecular formula is C17H20N2S. The summed E-state index contributed by atoms with van der Waals surface area (Å²) in [7, 11) is 2.02. The summed E-state index contributed by atoms with van der Waals surface area (Å²) in [6.45, 7) is 3.23. The third kappa shape index (κ3) is 2.39. The second kappa shape index (κ2) is 5.81. The maximum absolute atomic E-state index is 3.28. The van der Waals surface area contributed by atoms with Gasteiger partial charge in [-0.3, -0.25) is 0 Å². The van der Waals surface area contributed by atoms with Crippen LogP contribution in [0.5, 0.6) is 0 Å². The molecule has 2 nitrogen and oxygen atoms in total. The third-order valence-corrected chi connectivity index (χ3v) is 4.77. The first kappa shape index (κ1) is 13.4. The number of hydrogen-bond donors (Lipinski definition) is 1. The van der Waals surface area contributed by atoms with Crippen LogP contribution in [0.3, 0.4) is 0 Å². The summed E-state index contributed by atoms with van der Waals surface area (Å²) in [6.07, 6.45) is 1.11. The Balaban J connectivity index is 2.11. The van der Waals surface area contributed by atoms with E-state index >= 15 is 0 Å². The maximum Gasteiger partial charge on any atom is 0.0693 e. The number of benzene rings is 1. The fraction of sp³-hybridized carbons (Fsp3) is 0.294. The molecule has 0 spiro atoms. The Bertz CT molecular complexity index is 682. The molecule has 3 aromatic rings. The summed E-state index contributed by atoms with van der Waals surface area (Å²) >= 11 is 1.85. The molecule has 0 saturated heterocycles. The first-order chi connectivity index (χ1) is 9.81. The molecule has 0 aliphatic carbocycles. The maximum atomic E-state index is 3.28. The highest BCUT2D eigenvalue weighted by atomic mass is 32.1. The third-order valence-electron chi connectivity index (χ3n) is 3.79. The number of rotatable bonds is 5. The SMILES string of the molecule is CNCCC(c1cccs1)n1c(C)cc2ccccc21. The number of nitrogens with one attached hydrogen (secondary N) is 1. The molecule has 1 N–H and O–H groups in total. The molecule has 0 bridgehead atoms. The highest BCUT2D eigenvalue weighted by Gasteiger charge is 2.18. The van der Waals surface area contributed by atoms with E-state index in [4.69, 9.17) is 0 Å². The molecule has 0 aliphatic heterocycles. The van der Waals surface area contributed by atoms with Gasteiger partial charge >= 0.3 is 0 Å². The summed E-state index contributed by atoms with van der Waals surface area (Å²) in [5, 5.41) is 6.78. The first-order valence-corrected chi connectivity index (χ1v) is 7.94. The lowest BCUT2D eigenvalue weighted by Crippen LogP contribution is -2.17. The lowest BCUT2D eigenvalue weighted by Gasteiger charge is -2.21. The summed E-state index contributed by atoms with van der Waals surface area (Å²) in [5.74, 6) is 0. The molecule has 0 aliphatic rings. The van der Waals surface area contributed by atoms with Gasteiger partial charge in [-0.25, -0.2) is 0 Å². The molecule has 1 atom stereocenters. The molecule has 0 saturated carbocycles. The topological polar surface area (TPSA) is 17.0 Å². The van der Waals surface area contributed by atoms with Gasteiger partial charge in [-0.05, 0) is 55.9 Å². The van der Waals surface area contributed by atoms with Gasteiger partial charge in [-0.2, -0.15) is 0 Å². The van der Waals surface area contributed by atoms with Gasteiger partial charge in [0, 0.05) is 16.1 Å². The van der Waals surface area contributed by atoms with Crippen LogP contribution in [0.2, 0.25) is 0 Å². The van der Waals surface area contributed by atoms with Crippen LogP contribution in [0.15, 0.2) is 47.8 Å². The van der Waals surface area contributed by atoms with Gasteiger partial charge in [0.1, 0.15) is 0 Å². The van der Waals surface area contributed by atoms with Gasteiger partial charge in [0.15, 0.2) is 0 Å². The Morgan fingerprint density at radius 1 is 1.20 bits per heavy atom. The number of hydrogen-bond acceptors (Lipinski definition) is 2. The van der Waals surface area contributed by atoms with Gasteiger partial charge in [-0.1, -0.05) is 24.3 Å². The standard InChI is InChI=1S/C17H20N2S/c1-13-12-14-6-3-4-7-15(14)19(13)16(9-10-18-2)17-8-5-11-20-17/h3-8,11-12,16,18H,9-10H2,1-2H3. The lowest BCUT2D eigenvalue weighted by atomic mass is 10.1. The van der Waals surface area contributed by atoms with E-state index in [2.05, 4.69) is 64.7 Å². The van der Waals surface area contributed by atoms with Gasteiger partial charge in [-0.15, -0.1) is 11.3 Å². The van der Waals surface area contributed by atoms with Crippen molar-refractivity contribution >= 4 is 22.2 Å². The molecule has 2 heterocycles. The van der Waals surface area contributed by atoms with E-state index in [9.17, 15) is 0 Å². The normalized spacial score (nSPS) is 12.9. The number of para-hydroxylation sites is 1. The predicted octanol–water partition coefficient (Wildman–Crippen LogP) is 4.21. The number of fused-ring (bicyclic) bond motifs is 1. The Morgan fingerprint density at radius 3 is 2.80 bits per heavy atom. The smallest absolute Gasteiger partial charge is 0.0693 e. The van der Waals surface area contributed by atoms with E-state index in [1.807, 2.05) is 18.4 Å². The fourth-order valence-electron chi connectivity index (χ4n) is 2.89. The molecule has 1 aromatic carbocycles. The zero-order chi connectivity index (χ0) is 13.9. The van der Waals surface area contributed by atoms with Gasteiger partial charge in [0.2, 0.25) is 0 Å². The molecule has 1 unspecified atom stereocenters. The summed E-state index contributed by atoms with van der Waals surface area (Å²) in [4.78, 5) is 1.43. The predicted molar refractivity (Wildman–Crippen MR) is 87.7 cm³/mol. The van der Waals surface area contributed by atoms with Crippen LogP contribution >= 0.6 is 11.3 Å². The molecule has 3 rings (SSSR count). The molecule has 104 valence electrons. The zero-order valence-electron chi connectivity index (χ0n) is 12.0. The number of aromatic nitrogens is 1. The highest BCUT2D eigenvalue weighted by Crippen LogP contribution is 2.32. The lowest BCUT2D eigenvalue weighted by molar-refractivity contribution is 0.538. The van der Waals surface area contributed by atoms with Crippen LogP contribution in [0.1, 0.15) is 23.0 Å². The summed E-state index contributed by atoms with van der Waals surface area (Å²) in [5.41, 5.74) is 2.67. The van der Waals surface area contributed by atoms with Gasteiger partial charge in [0.25, 0.3) is 0 Å². The number of aryl methyl sites for hydroxylation is 1. The van der Waals surface area contributed by atoms with E-state index in [1.54, 1.807) is 0 Å². The van der Waals surface area contributed by atoms with Crippen LogP contribution < -0.4 is 5.32 Å². The Morgan fingerprint density at radius 2 is 2.05 bits per heavy atom. The van der Waals surface area contributed by atoms with Crippen molar-refractivity contribution in [1.82, 2.24) is 9.88 Å². The number of nitrogens with zero attached hydrogens (tertiary/aromatic N) is 1. The molecule has 0 amide bonds. The molecule has 0 radical (unpaired) electrons. The van der Waals surface area contributed by atoms with Crippen molar-refractivity contribution in [3.05, 3.63) is 58.4 Å². The summed E-state index contributed by atoms with van der Waals surface area (Å²) < 4.78 is 2.48. The molecule has 20 heavy (non-hydrogen) atoms. The van der Waals surface area contributed by atoms with Crippen molar-refractivity contribution in [3.8, 4) is 0 Å². The van der Waals surface area contributed by atoms with Crippen LogP contribution in [-0.4, -0.2) is 18.2 Å². The molecular weight excluding hydrogens is 264 g/mol. The second-order valence-corrected chi connectivity index (χ2v) is 6.12. The fourth-order valence-corrected chi connectivity index (χ4v) is 3.74. The highest BCUT2D eigenvalue weighted by molar-refractivity contribution is 7.10. The van der Waals surface area contributed by atoms with Crippen LogP contribution in [0, 0.1) is 6.92 Å². The first-order valence-electron chi connectivity index (χ1n) is 7.06. The van der Waals surface area contributed by atoms with Crippen LogP contribution in [-0.2, 0) is 0 Å². The van der Waals surface area contributed by atoms with Crippen LogP contribution in [0.25, 0.3) is 10.9 Å². The minimum absolute atomic E-state index is 0.419. The van der Waals surface area contributed by atoms with Crippen molar-refractivity contribution in [3.63, 3.8) is 0 Å². The van der Waals surface area contributed by atoms with Crippen molar-refractivity contribution in [2.75, 3.05) is 13.6 Å². The van der Waals surface area contributed by atoms with Crippen molar-refractivity contribution in [2.45, 2.75) is 19.4 Å². The van der Waals surface area contributed by atoms with E-state index < -0.39 is 0 Å². The zero-order valence-corrected chi connectivity index (χ0v) is 12.8. The summed E-state index contributed by atoms with van der Waals surface area (Å²) in [6, 6.07) is 15.8. The van der Waals surface area contributed by atoms with Crippen LogP contribution in [0.4, 0.5) is 0 Å². The molecule has 2 aromatic heterocycles. The molecule has 3 heteroatoms. The van der Waals surface area contributed by atoms with E-state index in [-0.39, 0.29) is 0 Å². The molecule has 0 fully saturated rings. The van der Waals surface area contributed by atoms with Crippen molar-refractivity contribution in [1.29, 1.82) is 0 Å². The monoisotopic (exact) mass is 284 g/mol. The van der Waals surface area contributed by atoms with Gasteiger partial charge in [0.05, 0.1) is 6.04 Å². The minimum Gasteiger partial charge on any atom is -0.337 e. The Labute approximate surface area is 124 Å². The second-order valence-electron chi connectivity index (χ2n) is 5.14. The van der Waals surface area contributed by atoms with E-state index in [1.165, 1.54) is 21.5 Å². The average Bonchev–Trinajstić information content (AvgIpc) is 3.08.